The van der Waals surface area contributed by atoms with Crippen LogP contribution in [0.1, 0.15) is 19.4 Å². The maximum Gasteiger partial charge on any atom is 0.0685 e. The molecule has 0 aliphatic carbocycles. The van der Waals surface area contributed by atoms with Gasteiger partial charge in [-0.3, -0.25) is 0 Å². The van der Waals surface area contributed by atoms with Gasteiger partial charge in [-0.05, 0) is 31.5 Å². The lowest BCUT2D eigenvalue weighted by Gasteiger charge is -2.16. The highest BCUT2D eigenvalue weighted by atomic mass is 32.2. The van der Waals surface area contributed by atoms with Crippen LogP contribution in [0.5, 0.6) is 0 Å². The smallest absolute Gasteiger partial charge is 0.0685 e. The second-order valence-corrected chi connectivity index (χ2v) is 4.96. The summed E-state index contributed by atoms with van der Waals surface area (Å²) in [5.74, 6) is 0.655. The maximum absolute atomic E-state index is 9.54. The van der Waals surface area contributed by atoms with Crippen LogP contribution >= 0.6 is 11.8 Å². The summed E-state index contributed by atoms with van der Waals surface area (Å²) in [6.45, 7) is 3.64. The van der Waals surface area contributed by atoms with Gasteiger partial charge in [0, 0.05) is 10.6 Å². The van der Waals surface area contributed by atoms with Crippen LogP contribution in [0.25, 0.3) is 0 Å². The number of benzene rings is 1. The van der Waals surface area contributed by atoms with E-state index in [1.807, 2.05) is 24.3 Å². The van der Waals surface area contributed by atoms with E-state index in [1.54, 1.807) is 25.6 Å². The molecule has 0 heterocycles. The summed E-state index contributed by atoms with van der Waals surface area (Å²) in [6.07, 6.45) is 0. The molecular weight excluding hydrogens is 196 g/mol. The molecule has 0 fully saturated rings. The van der Waals surface area contributed by atoms with Gasteiger partial charge >= 0.3 is 0 Å². The van der Waals surface area contributed by atoms with Crippen LogP contribution in [0.2, 0.25) is 0 Å². The van der Waals surface area contributed by atoms with Crippen LogP contribution in [-0.4, -0.2) is 21.6 Å². The molecule has 0 saturated carbocycles. The molecule has 0 aliphatic heterocycles. The van der Waals surface area contributed by atoms with Crippen molar-refractivity contribution < 1.29 is 10.2 Å². The average molecular weight is 212 g/mol. The summed E-state index contributed by atoms with van der Waals surface area (Å²) in [7, 11) is 0. The highest BCUT2D eigenvalue weighted by Crippen LogP contribution is 2.23. The summed E-state index contributed by atoms with van der Waals surface area (Å²) in [5, 5.41) is 18.5. The molecule has 0 aliphatic rings. The van der Waals surface area contributed by atoms with Gasteiger partial charge in [0.15, 0.2) is 0 Å². The Hall–Kier alpha value is -0.510. The van der Waals surface area contributed by atoms with Crippen LogP contribution in [0.3, 0.4) is 0 Å². The molecule has 2 nitrogen and oxygen atoms in total. The van der Waals surface area contributed by atoms with Gasteiger partial charge in [-0.25, -0.2) is 0 Å². The minimum atomic E-state index is -0.653. The number of aliphatic hydroxyl groups is 2. The molecule has 0 saturated heterocycles. The summed E-state index contributed by atoms with van der Waals surface area (Å²) in [6, 6.07) is 7.72. The molecular formula is C11H16O2S. The van der Waals surface area contributed by atoms with E-state index in [0.29, 0.717) is 5.75 Å². The Labute approximate surface area is 89.0 Å². The molecule has 0 spiro atoms. The number of thioether (sulfide) groups is 1. The lowest BCUT2D eigenvalue weighted by atomic mass is 10.2. The third-order valence-corrected chi connectivity index (χ3v) is 3.11. The quantitative estimate of drug-likeness (QED) is 0.750. The lowest BCUT2D eigenvalue weighted by molar-refractivity contribution is 0.107. The highest BCUT2D eigenvalue weighted by Gasteiger charge is 2.12. The van der Waals surface area contributed by atoms with E-state index in [2.05, 4.69) is 0 Å². The monoisotopic (exact) mass is 212 g/mol. The van der Waals surface area contributed by atoms with E-state index in [-0.39, 0.29) is 6.61 Å². The van der Waals surface area contributed by atoms with Gasteiger partial charge in [0.2, 0.25) is 0 Å². The normalized spacial score (nSPS) is 11.7. The molecule has 1 rings (SSSR count). The highest BCUT2D eigenvalue weighted by molar-refractivity contribution is 7.99. The third-order valence-electron chi connectivity index (χ3n) is 1.67. The molecule has 1 aromatic rings. The molecule has 3 heteroatoms. The summed E-state index contributed by atoms with van der Waals surface area (Å²) < 4.78 is 0. The van der Waals surface area contributed by atoms with Crippen molar-refractivity contribution in [2.75, 3.05) is 5.75 Å². The fraction of sp³-hybridized carbons (Fsp3) is 0.455. The van der Waals surface area contributed by atoms with Crippen LogP contribution in [0, 0.1) is 0 Å². The largest absolute Gasteiger partial charge is 0.392 e. The second kappa shape index (κ2) is 4.82. The third kappa shape index (κ3) is 4.13. The van der Waals surface area contributed by atoms with Crippen LogP contribution in [0.4, 0.5) is 0 Å². The van der Waals surface area contributed by atoms with Crippen molar-refractivity contribution >= 4 is 11.8 Å². The molecule has 78 valence electrons. The first-order chi connectivity index (χ1) is 6.51. The Balaban J connectivity index is 2.59. The van der Waals surface area contributed by atoms with Gasteiger partial charge in [0.1, 0.15) is 0 Å². The molecule has 0 atom stereocenters. The van der Waals surface area contributed by atoms with E-state index in [0.717, 1.165) is 10.5 Å². The van der Waals surface area contributed by atoms with Crippen molar-refractivity contribution in [3.05, 3.63) is 29.8 Å². The maximum atomic E-state index is 9.54. The number of hydrogen-bond donors (Lipinski definition) is 2. The first kappa shape index (κ1) is 11.6. The van der Waals surface area contributed by atoms with E-state index < -0.39 is 5.60 Å². The first-order valence-electron chi connectivity index (χ1n) is 4.56. The zero-order valence-corrected chi connectivity index (χ0v) is 9.34. The zero-order valence-electron chi connectivity index (χ0n) is 8.53. The van der Waals surface area contributed by atoms with Crippen molar-refractivity contribution in [1.82, 2.24) is 0 Å². The molecule has 14 heavy (non-hydrogen) atoms. The molecule has 0 radical (unpaired) electrons. The summed E-state index contributed by atoms with van der Waals surface area (Å²) in [4.78, 5) is 1.08. The Morgan fingerprint density at radius 2 is 2.07 bits per heavy atom. The summed E-state index contributed by atoms with van der Waals surface area (Å²) >= 11 is 1.60. The predicted octanol–water partition coefficient (Wildman–Crippen LogP) is 2.04. The van der Waals surface area contributed by atoms with E-state index in [4.69, 9.17) is 5.11 Å². The number of rotatable bonds is 4. The topological polar surface area (TPSA) is 40.5 Å². The van der Waals surface area contributed by atoms with Gasteiger partial charge in [-0.2, -0.15) is 0 Å². The van der Waals surface area contributed by atoms with Crippen LogP contribution in [0.15, 0.2) is 29.2 Å². The Kier molecular flexibility index (Phi) is 3.98. The average Bonchev–Trinajstić information content (AvgIpc) is 2.14. The summed E-state index contributed by atoms with van der Waals surface area (Å²) in [5.41, 5.74) is 0.255. The lowest BCUT2D eigenvalue weighted by Crippen LogP contribution is -2.21. The van der Waals surface area contributed by atoms with E-state index in [9.17, 15) is 5.11 Å². The number of hydrogen-bond acceptors (Lipinski definition) is 3. The fourth-order valence-electron chi connectivity index (χ4n) is 0.994. The van der Waals surface area contributed by atoms with Crippen molar-refractivity contribution in [3.8, 4) is 0 Å². The molecule has 0 aromatic heterocycles. The fourth-order valence-corrected chi connectivity index (χ4v) is 1.92. The Morgan fingerprint density at radius 3 is 2.64 bits per heavy atom. The van der Waals surface area contributed by atoms with Crippen LogP contribution in [-0.2, 0) is 6.61 Å². The number of aliphatic hydroxyl groups excluding tert-OH is 1. The Morgan fingerprint density at radius 1 is 1.36 bits per heavy atom. The van der Waals surface area contributed by atoms with Gasteiger partial charge < -0.3 is 10.2 Å². The van der Waals surface area contributed by atoms with E-state index in [1.165, 1.54) is 0 Å². The van der Waals surface area contributed by atoms with Gasteiger partial charge in [-0.1, -0.05) is 12.1 Å². The molecule has 0 unspecified atom stereocenters. The minimum Gasteiger partial charge on any atom is -0.392 e. The van der Waals surface area contributed by atoms with Gasteiger partial charge in [0.05, 0.1) is 12.2 Å². The van der Waals surface area contributed by atoms with Crippen molar-refractivity contribution in [2.45, 2.75) is 31.0 Å². The molecule has 2 N–H and O–H groups in total. The zero-order chi connectivity index (χ0) is 10.6. The van der Waals surface area contributed by atoms with Gasteiger partial charge in [-0.15, -0.1) is 11.8 Å². The first-order valence-corrected chi connectivity index (χ1v) is 5.55. The van der Waals surface area contributed by atoms with Crippen molar-refractivity contribution in [3.63, 3.8) is 0 Å². The SMILES string of the molecule is CC(C)(O)CSc1cccc(CO)c1. The van der Waals surface area contributed by atoms with Crippen LogP contribution < -0.4 is 0 Å². The molecule has 1 aromatic carbocycles. The van der Waals surface area contributed by atoms with Crippen molar-refractivity contribution in [2.24, 2.45) is 0 Å². The molecule has 0 amide bonds. The standard InChI is InChI=1S/C11H16O2S/c1-11(2,13)8-14-10-5-3-4-9(6-10)7-12/h3-6,12-13H,7-8H2,1-2H3. The minimum absolute atomic E-state index is 0.0664. The molecule has 0 bridgehead atoms. The van der Waals surface area contributed by atoms with Crippen molar-refractivity contribution in [1.29, 1.82) is 0 Å². The predicted molar refractivity (Wildman–Crippen MR) is 59.4 cm³/mol. The van der Waals surface area contributed by atoms with Gasteiger partial charge in [0.25, 0.3) is 0 Å². The van der Waals surface area contributed by atoms with E-state index >= 15 is 0 Å². The Bertz CT molecular complexity index is 292. The second-order valence-electron chi connectivity index (χ2n) is 3.91.